The number of methoxy groups -OCH3 is 1. The summed E-state index contributed by atoms with van der Waals surface area (Å²) < 4.78 is 4.79. The molecule has 2 aromatic carbocycles. The van der Waals surface area contributed by atoms with Crippen molar-refractivity contribution in [3.63, 3.8) is 0 Å². The Morgan fingerprint density at radius 1 is 1.05 bits per heavy atom. The van der Waals surface area contributed by atoms with Crippen LogP contribution in [-0.4, -0.2) is 24.1 Å². The van der Waals surface area contributed by atoms with Crippen molar-refractivity contribution in [1.82, 2.24) is 4.98 Å². The number of benzene rings is 2. The molecular weight excluding hydrogens is 264 g/mol. The summed E-state index contributed by atoms with van der Waals surface area (Å²) in [5.74, 6) is -0.292. The highest BCUT2D eigenvalue weighted by atomic mass is 16.5. The highest BCUT2D eigenvalue weighted by Gasteiger charge is 2.16. The van der Waals surface area contributed by atoms with Crippen LogP contribution in [0.5, 0.6) is 0 Å². The summed E-state index contributed by atoms with van der Waals surface area (Å²) in [6.45, 7) is 1.79. The van der Waals surface area contributed by atoms with Gasteiger partial charge >= 0.3 is 5.97 Å². The predicted molar refractivity (Wildman–Crippen MR) is 84.3 cm³/mol. The van der Waals surface area contributed by atoms with Gasteiger partial charge in [0.2, 0.25) is 0 Å². The Labute approximate surface area is 122 Å². The fraction of sp³-hybridized carbons (Fsp3) is 0.176. The van der Waals surface area contributed by atoms with Crippen LogP contribution in [0.4, 0.5) is 5.69 Å². The molecule has 0 aliphatic heterocycles. The Morgan fingerprint density at radius 2 is 1.57 bits per heavy atom. The van der Waals surface area contributed by atoms with Crippen LogP contribution in [0.1, 0.15) is 6.92 Å². The summed E-state index contributed by atoms with van der Waals surface area (Å²) in [7, 11) is 1.39. The molecule has 3 rings (SSSR count). The number of nitrogens with zero attached hydrogens (tertiary/aromatic N) is 1. The van der Waals surface area contributed by atoms with Crippen LogP contribution >= 0.6 is 0 Å². The zero-order valence-electron chi connectivity index (χ0n) is 12.0. The summed E-state index contributed by atoms with van der Waals surface area (Å²) >= 11 is 0. The van der Waals surface area contributed by atoms with Gasteiger partial charge in [-0.1, -0.05) is 36.4 Å². The van der Waals surface area contributed by atoms with Crippen molar-refractivity contribution >= 4 is 33.5 Å². The molecule has 0 bridgehead atoms. The molecule has 0 aliphatic rings. The van der Waals surface area contributed by atoms with Crippen molar-refractivity contribution in [3.8, 4) is 0 Å². The lowest BCUT2D eigenvalue weighted by Crippen LogP contribution is -2.27. The largest absolute Gasteiger partial charge is 0.467 e. The van der Waals surface area contributed by atoms with Crippen molar-refractivity contribution in [3.05, 3.63) is 48.5 Å². The average Bonchev–Trinajstić information content (AvgIpc) is 2.53. The number of fused-ring (bicyclic) bond motifs is 2. The standard InChI is InChI=1S/C17H16N2O2/c1-11(17(20)21-2)18-16-12-7-3-5-9-14(12)19-15-10-6-4-8-13(15)16/h3-11H,1-2H3,(H,18,19)/t11-/m0/s1. The normalized spacial score (nSPS) is 12.3. The molecule has 1 aromatic heterocycles. The van der Waals surface area contributed by atoms with Gasteiger partial charge in [0, 0.05) is 10.8 Å². The van der Waals surface area contributed by atoms with Gasteiger partial charge in [-0.15, -0.1) is 0 Å². The number of para-hydroxylation sites is 2. The van der Waals surface area contributed by atoms with Gasteiger partial charge < -0.3 is 10.1 Å². The van der Waals surface area contributed by atoms with Crippen molar-refractivity contribution < 1.29 is 9.53 Å². The molecule has 1 N–H and O–H groups in total. The van der Waals surface area contributed by atoms with Crippen LogP contribution in [0.3, 0.4) is 0 Å². The lowest BCUT2D eigenvalue weighted by molar-refractivity contribution is -0.141. The molecule has 0 spiro atoms. The topological polar surface area (TPSA) is 51.2 Å². The first-order valence-corrected chi connectivity index (χ1v) is 6.82. The maximum atomic E-state index is 11.7. The number of anilines is 1. The second-order valence-corrected chi connectivity index (χ2v) is 4.91. The van der Waals surface area contributed by atoms with E-state index in [1.54, 1.807) is 6.92 Å². The Bertz CT molecular complexity index is 760. The van der Waals surface area contributed by atoms with E-state index in [0.717, 1.165) is 27.5 Å². The summed E-state index contributed by atoms with van der Waals surface area (Å²) in [5, 5.41) is 5.25. The molecule has 0 aliphatic carbocycles. The first kappa shape index (κ1) is 13.4. The van der Waals surface area contributed by atoms with Crippen molar-refractivity contribution in [2.45, 2.75) is 13.0 Å². The summed E-state index contributed by atoms with van der Waals surface area (Å²) in [5.41, 5.74) is 2.71. The highest BCUT2D eigenvalue weighted by Crippen LogP contribution is 2.31. The maximum absolute atomic E-state index is 11.7. The number of pyridine rings is 1. The molecule has 0 radical (unpaired) electrons. The molecule has 0 unspecified atom stereocenters. The van der Waals surface area contributed by atoms with Crippen molar-refractivity contribution in [2.75, 3.05) is 12.4 Å². The zero-order chi connectivity index (χ0) is 14.8. The van der Waals surface area contributed by atoms with Gasteiger partial charge in [-0.3, -0.25) is 0 Å². The smallest absolute Gasteiger partial charge is 0.327 e. The summed E-state index contributed by atoms with van der Waals surface area (Å²) in [6.07, 6.45) is 0. The maximum Gasteiger partial charge on any atom is 0.327 e. The number of esters is 1. The SMILES string of the molecule is COC(=O)[C@H](C)Nc1c2ccccc2nc2ccccc12. The van der Waals surface area contributed by atoms with E-state index in [1.807, 2.05) is 48.5 Å². The van der Waals surface area contributed by atoms with E-state index in [1.165, 1.54) is 7.11 Å². The number of carbonyl (C=O) groups excluding carboxylic acids is 1. The minimum Gasteiger partial charge on any atom is -0.467 e. The van der Waals surface area contributed by atoms with Crippen LogP contribution in [-0.2, 0) is 9.53 Å². The second-order valence-electron chi connectivity index (χ2n) is 4.91. The predicted octanol–water partition coefficient (Wildman–Crippen LogP) is 3.36. The van der Waals surface area contributed by atoms with Gasteiger partial charge in [-0.05, 0) is 19.1 Å². The van der Waals surface area contributed by atoms with Gasteiger partial charge in [0.15, 0.2) is 0 Å². The second kappa shape index (κ2) is 5.40. The molecule has 0 fully saturated rings. The Hall–Kier alpha value is -2.62. The molecule has 3 aromatic rings. The fourth-order valence-electron chi connectivity index (χ4n) is 2.45. The van der Waals surface area contributed by atoms with Gasteiger partial charge in [-0.25, -0.2) is 9.78 Å². The summed E-state index contributed by atoms with van der Waals surface area (Å²) in [4.78, 5) is 16.3. The molecule has 106 valence electrons. The number of nitrogens with one attached hydrogen (secondary N) is 1. The third kappa shape index (κ3) is 2.40. The first-order chi connectivity index (χ1) is 10.2. The molecular formula is C17H16N2O2. The Balaban J connectivity index is 2.22. The third-order valence-electron chi connectivity index (χ3n) is 3.50. The van der Waals surface area contributed by atoms with E-state index in [0.29, 0.717) is 0 Å². The van der Waals surface area contributed by atoms with E-state index in [9.17, 15) is 4.79 Å². The zero-order valence-corrected chi connectivity index (χ0v) is 12.0. The number of carbonyl (C=O) groups is 1. The quantitative estimate of drug-likeness (QED) is 0.590. The number of hydrogen-bond donors (Lipinski definition) is 1. The molecule has 21 heavy (non-hydrogen) atoms. The van der Waals surface area contributed by atoms with E-state index >= 15 is 0 Å². The molecule has 4 heteroatoms. The number of ether oxygens (including phenoxy) is 1. The van der Waals surface area contributed by atoms with Gasteiger partial charge in [0.05, 0.1) is 23.8 Å². The summed E-state index contributed by atoms with van der Waals surface area (Å²) in [6, 6.07) is 15.4. The van der Waals surface area contributed by atoms with Gasteiger partial charge in [0.25, 0.3) is 0 Å². The average molecular weight is 280 g/mol. The van der Waals surface area contributed by atoms with Crippen molar-refractivity contribution in [2.24, 2.45) is 0 Å². The van der Waals surface area contributed by atoms with Crippen LogP contribution in [0, 0.1) is 0 Å². The lowest BCUT2D eigenvalue weighted by atomic mass is 10.1. The number of rotatable bonds is 3. The molecule has 0 saturated heterocycles. The number of hydrogen-bond acceptors (Lipinski definition) is 4. The lowest BCUT2D eigenvalue weighted by Gasteiger charge is -2.17. The van der Waals surface area contributed by atoms with E-state index < -0.39 is 6.04 Å². The van der Waals surface area contributed by atoms with Crippen LogP contribution < -0.4 is 5.32 Å². The molecule has 1 heterocycles. The van der Waals surface area contributed by atoms with E-state index in [2.05, 4.69) is 10.3 Å². The molecule has 1 atom stereocenters. The molecule has 0 amide bonds. The number of aromatic nitrogens is 1. The third-order valence-corrected chi connectivity index (χ3v) is 3.50. The highest BCUT2D eigenvalue weighted by molar-refractivity contribution is 6.08. The monoisotopic (exact) mass is 280 g/mol. The van der Waals surface area contributed by atoms with E-state index in [-0.39, 0.29) is 5.97 Å². The van der Waals surface area contributed by atoms with Crippen LogP contribution in [0.15, 0.2) is 48.5 Å². The minimum atomic E-state index is -0.427. The molecule has 0 saturated carbocycles. The minimum absolute atomic E-state index is 0.292. The van der Waals surface area contributed by atoms with Gasteiger partial charge in [-0.2, -0.15) is 0 Å². The molecule has 4 nitrogen and oxygen atoms in total. The fourth-order valence-corrected chi connectivity index (χ4v) is 2.45. The van der Waals surface area contributed by atoms with Gasteiger partial charge in [0.1, 0.15) is 6.04 Å². The Morgan fingerprint density at radius 3 is 2.10 bits per heavy atom. The van der Waals surface area contributed by atoms with Crippen LogP contribution in [0.2, 0.25) is 0 Å². The first-order valence-electron chi connectivity index (χ1n) is 6.82. The van der Waals surface area contributed by atoms with E-state index in [4.69, 9.17) is 4.74 Å². The van der Waals surface area contributed by atoms with Crippen LogP contribution in [0.25, 0.3) is 21.8 Å². The van der Waals surface area contributed by atoms with Crippen molar-refractivity contribution in [1.29, 1.82) is 0 Å². The Kier molecular flexibility index (Phi) is 3.44.